The van der Waals surface area contributed by atoms with Gasteiger partial charge in [0.1, 0.15) is 16.8 Å². The van der Waals surface area contributed by atoms with Crippen molar-refractivity contribution in [2.75, 3.05) is 19.8 Å². The Hall–Kier alpha value is -3.59. The molecule has 0 aliphatic carbocycles. The molecule has 0 spiro atoms. The van der Waals surface area contributed by atoms with Crippen LogP contribution in [0.3, 0.4) is 0 Å². The quantitative estimate of drug-likeness (QED) is 0.288. The highest BCUT2D eigenvalue weighted by Crippen LogP contribution is 2.32. The van der Waals surface area contributed by atoms with Crippen molar-refractivity contribution in [3.05, 3.63) is 53.7 Å². The Morgan fingerprint density at radius 3 is 2.71 bits per heavy atom. The zero-order chi connectivity index (χ0) is 24.1. The second-order valence-electron chi connectivity index (χ2n) is 7.71. The van der Waals surface area contributed by atoms with Crippen molar-refractivity contribution in [2.24, 2.45) is 0 Å². The molecule has 4 rings (SSSR count). The average molecular weight is 482 g/mol. The second-order valence-corrected chi connectivity index (χ2v) is 8.91. The predicted molar refractivity (Wildman–Crippen MR) is 131 cm³/mol. The summed E-state index contributed by atoms with van der Waals surface area (Å²) in [5.41, 5.74) is 1.79. The van der Waals surface area contributed by atoms with E-state index >= 15 is 0 Å². The zero-order valence-electron chi connectivity index (χ0n) is 19.4. The van der Waals surface area contributed by atoms with E-state index in [1.807, 2.05) is 50.2 Å². The highest BCUT2D eigenvalue weighted by atomic mass is 32.1. The third-order valence-electron chi connectivity index (χ3n) is 5.29. The first kappa shape index (κ1) is 23.6. The predicted octanol–water partition coefficient (Wildman–Crippen LogP) is 5.36. The van der Waals surface area contributed by atoms with Gasteiger partial charge < -0.3 is 23.9 Å². The van der Waals surface area contributed by atoms with Crippen molar-refractivity contribution in [3.63, 3.8) is 0 Å². The van der Waals surface area contributed by atoms with Gasteiger partial charge in [-0.05, 0) is 51.1 Å². The van der Waals surface area contributed by atoms with Crippen LogP contribution in [-0.4, -0.2) is 45.4 Å². The molecule has 0 amide bonds. The molecule has 0 bridgehead atoms. The third kappa shape index (κ3) is 5.31. The van der Waals surface area contributed by atoms with Gasteiger partial charge in [-0.15, -0.1) is 11.3 Å². The van der Waals surface area contributed by atoms with Crippen molar-refractivity contribution < 1.29 is 24.1 Å². The normalized spacial score (nSPS) is 12.0. The van der Waals surface area contributed by atoms with E-state index in [4.69, 9.17) is 14.2 Å². The highest BCUT2D eigenvalue weighted by molar-refractivity contribution is 7.15. The maximum absolute atomic E-state index is 11.3. The number of hydrogen-bond donors (Lipinski definition) is 1. The lowest BCUT2D eigenvalue weighted by Crippen LogP contribution is -2.14. The van der Waals surface area contributed by atoms with Crippen LogP contribution in [0, 0.1) is 6.92 Å². The molecule has 0 radical (unpaired) electrons. The van der Waals surface area contributed by atoms with Gasteiger partial charge in [0.25, 0.3) is 0 Å². The molecule has 3 heterocycles. The number of benzene rings is 1. The van der Waals surface area contributed by atoms with E-state index in [0.717, 1.165) is 32.1 Å². The SMILES string of the molecule is CCOc1nc(-c2ccc(OCCCOc3ccc4c(ccn4C(C)C(=O)O)c3)nc2)sc1C. The molecule has 0 aliphatic rings. The number of aromatic nitrogens is 3. The lowest BCUT2D eigenvalue weighted by atomic mass is 10.2. The maximum Gasteiger partial charge on any atom is 0.326 e. The van der Waals surface area contributed by atoms with Gasteiger partial charge >= 0.3 is 5.97 Å². The Morgan fingerprint density at radius 1 is 1.15 bits per heavy atom. The van der Waals surface area contributed by atoms with Crippen LogP contribution in [0.2, 0.25) is 0 Å². The molecule has 1 atom stereocenters. The van der Waals surface area contributed by atoms with Gasteiger partial charge in [-0.2, -0.15) is 0 Å². The van der Waals surface area contributed by atoms with Crippen LogP contribution in [0.5, 0.6) is 17.5 Å². The number of ether oxygens (including phenoxy) is 3. The molecular weight excluding hydrogens is 454 g/mol. The lowest BCUT2D eigenvalue weighted by molar-refractivity contribution is -0.140. The monoisotopic (exact) mass is 481 g/mol. The van der Waals surface area contributed by atoms with Gasteiger partial charge in [-0.1, -0.05) is 0 Å². The van der Waals surface area contributed by atoms with Gasteiger partial charge in [0.15, 0.2) is 0 Å². The van der Waals surface area contributed by atoms with Crippen molar-refractivity contribution in [3.8, 4) is 28.1 Å². The number of thiazole rings is 1. The van der Waals surface area contributed by atoms with Gasteiger partial charge in [-0.25, -0.2) is 14.8 Å². The molecule has 34 heavy (non-hydrogen) atoms. The number of carboxylic acid groups (broad SMARTS) is 1. The van der Waals surface area contributed by atoms with Crippen molar-refractivity contribution >= 4 is 28.2 Å². The zero-order valence-corrected chi connectivity index (χ0v) is 20.2. The van der Waals surface area contributed by atoms with Crippen LogP contribution in [0.4, 0.5) is 0 Å². The summed E-state index contributed by atoms with van der Waals surface area (Å²) in [7, 11) is 0. The number of rotatable bonds is 11. The minimum Gasteiger partial charge on any atom is -0.493 e. The Balaban J connectivity index is 1.25. The summed E-state index contributed by atoms with van der Waals surface area (Å²) < 4.78 is 18.8. The van der Waals surface area contributed by atoms with Gasteiger partial charge in [0, 0.05) is 41.3 Å². The van der Waals surface area contributed by atoms with E-state index in [1.54, 1.807) is 35.2 Å². The standard InChI is InChI=1S/C25H27N3O5S/c1-4-31-23-17(3)34-24(27-23)19-6-9-22(26-15-19)33-13-5-12-32-20-7-8-21-18(14-20)10-11-28(21)16(2)25(29)30/h6-11,14-16H,4-5,12-13H2,1-3H3,(H,29,30). The molecule has 1 unspecified atom stereocenters. The lowest BCUT2D eigenvalue weighted by Gasteiger charge is -2.11. The summed E-state index contributed by atoms with van der Waals surface area (Å²) in [6, 6.07) is 10.7. The maximum atomic E-state index is 11.3. The van der Waals surface area contributed by atoms with Gasteiger partial charge in [0.2, 0.25) is 11.8 Å². The number of nitrogens with zero attached hydrogens (tertiary/aromatic N) is 3. The summed E-state index contributed by atoms with van der Waals surface area (Å²) >= 11 is 1.58. The van der Waals surface area contributed by atoms with Crippen molar-refractivity contribution in [1.29, 1.82) is 0 Å². The molecule has 1 aromatic carbocycles. The molecule has 1 N–H and O–H groups in total. The van der Waals surface area contributed by atoms with E-state index in [2.05, 4.69) is 9.97 Å². The summed E-state index contributed by atoms with van der Waals surface area (Å²) in [6.07, 6.45) is 4.24. The van der Waals surface area contributed by atoms with Crippen LogP contribution in [-0.2, 0) is 4.79 Å². The van der Waals surface area contributed by atoms with Crippen molar-refractivity contribution in [2.45, 2.75) is 33.2 Å². The van der Waals surface area contributed by atoms with E-state index < -0.39 is 12.0 Å². The number of carbonyl (C=O) groups is 1. The fourth-order valence-electron chi connectivity index (χ4n) is 3.48. The molecule has 0 saturated carbocycles. The number of hydrogen-bond acceptors (Lipinski definition) is 7. The molecular formula is C25H27N3O5S. The molecule has 9 heteroatoms. The minimum absolute atomic E-state index is 0.478. The topological polar surface area (TPSA) is 95.7 Å². The first-order valence-corrected chi connectivity index (χ1v) is 11.9. The van der Waals surface area contributed by atoms with Gasteiger partial charge in [0.05, 0.1) is 24.7 Å². The number of fused-ring (bicyclic) bond motifs is 1. The van der Waals surface area contributed by atoms with Crippen LogP contribution in [0.25, 0.3) is 21.5 Å². The number of aliphatic carboxylic acids is 1. The smallest absolute Gasteiger partial charge is 0.326 e. The van der Waals surface area contributed by atoms with E-state index in [1.165, 1.54) is 0 Å². The molecule has 178 valence electrons. The van der Waals surface area contributed by atoms with Gasteiger partial charge in [-0.3, -0.25) is 0 Å². The minimum atomic E-state index is -0.865. The van der Waals surface area contributed by atoms with E-state index in [-0.39, 0.29) is 0 Å². The summed E-state index contributed by atoms with van der Waals surface area (Å²) in [4.78, 5) is 21.2. The first-order chi connectivity index (χ1) is 16.5. The second kappa shape index (κ2) is 10.6. The Kier molecular flexibility index (Phi) is 7.32. The fraction of sp³-hybridized carbons (Fsp3) is 0.320. The largest absolute Gasteiger partial charge is 0.493 e. The number of carboxylic acids is 1. The molecule has 3 aromatic heterocycles. The first-order valence-electron chi connectivity index (χ1n) is 11.1. The molecule has 4 aromatic rings. The Labute approximate surface area is 201 Å². The average Bonchev–Trinajstić information content (AvgIpc) is 3.42. The molecule has 0 fully saturated rings. The van der Waals surface area contributed by atoms with Crippen LogP contribution < -0.4 is 14.2 Å². The number of pyridine rings is 1. The fourth-order valence-corrected chi connectivity index (χ4v) is 4.33. The van der Waals surface area contributed by atoms with E-state index in [0.29, 0.717) is 38.0 Å². The highest BCUT2D eigenvalue weighted by Gasteiger charge is 2.15. The third-order valence-corrected chi connectivity index (χ3v) is 6.29. The molecule has 8 nitrogen and oxygen atoms in total. The van der Waals surface area contributed by atoms with Crippen LogP contribution >= 0.6 is 11.3 Å². The summed E-state index contributed by atoms with van der Waals surface area (Å²) in [6.45, 7) is 7.16. The van der Waals surface area contributed by atoms with E-state index in [9.17, 15) is 9.90 Å². The molecule has 0 aliphatic heterocycles. The van der Waals surface area contributed by atoms with Crippen LogP contribution in [0.15, 0.2) is 48.8 Å². The Bertz CT molecular complexity index is 1270. The molecule has 0 saturated heterocycles. The Morgan fingerprint density at radius 2 is 1.97 bits per heavy atom. The number of aryl methyl sites for hydroxylation is 1. The van der Waals surface area contributed by atoms with Crippen LogP contribution in [0.1, 0.15) is 31.2 Å². The summed E-state index contributed by atoms with van der Waals surface area (Å²) in [5.74, 6) is 1.10. The van der Waals surface area contributed by atoms with Crippen molar-refractivity contribution in [1.82, 2.24) is 14.5 Å². The summed E-state index contributed by atoms with van der Waals surface area (Å²) in [5, 5.41) is 11.1.